The Kier molecular flexibility index (Phi) is 6.10. The quantitative estimate of drug-likeness (QED) is 0.540. The van der Waals surface area contributed by atoms with E-state index in [1.165, 1.54) is 38.5 Å². The first-order valence-corrected chi connectivity index (χ1v) is 8.05. The van der Waals surface area contributed by atoms with Crippen LogP contribution in [0.1, 0.15) is 68.6 Å². The fourth-order valence-corrected chi connectivity index (χ4v) is 3.02. The first kappa shape index (κ1) is 15.1. The van der Waals surface area contributed by atoms with Gasteiger partial charge < -0.3 is 4.74 Å². The summed E-state index contributed by atoms with van der Waals surface area (Å²) in [5.41, 5.74) is 0.664. The topological polar surface area (TPSA) is 26.3 Å². The molecule has 0 bridgehead atoms. The maximum atomic E-state index is 12.0. The Balaban J connectivity index is 1.70. The van der Waals surface area contributed by atoms with E-state index in [0.29, 0.717) is 5.56 Å². The molecule has 20 heavy (non-hydrogen) atoms. The van der Waals surface area contributed by atoms with Crippen molar-refractivity contribution in [2.24, 2.45) is 5.92 Å². The lowest BCUT2D eigenvalue weighted by Crippen LogP contribution is -2.24. The fourth-order valence-electron chi connectivity index (χ4n) is 3.02. The number of unbranched alkanes of at least 4 members (excludes halogenated alkanes) is 2. The van der Waals surface area contributed by atoms with Gasteiger partial charge in [-0.05, 0) is 43.7 Å². The zero-order valence-corrected chi connectivity index (χ0v) is 12.5. The van der Waals surface area contributed by atoms with E-state index in [2.05, 4.69) is 6.92 Å². The Hall–Kier alpha value is -1.31. The predicted octanol–water partition coefficient (Wildman–Crippen LogP) is 4.98. The molecule has 0 unspecified atom stereocenters. The zero-order chi connectivity index (χ0) is 14.2. The summed E-state index contributed by atoms with van der Waals surface area (Å²) in [6.45, 7) is 2.25. The predicted molar refractivity (Wildman–Crippen MR) is 81.7 cm³/mol. The summed E-state index contributed by atoms with van der Waals surface area (Å²) >= 11 is 0. The van der Waals surface area contributed by atoms with E-state index in [-0.39, 0.29) is 12.1 Å². The molecule has 0 amide bonds. The monoisotopic (exact) mass is 274 g/mol. The van der Waals surface area contributed by atoms with Crippen molar-refractivity contribution in [3.63, 3.8) is 0 Å². The van der Waals surface area contributed by atoms with Crippen molar-refractivity contribution in [3.8, 4) is 0 Å². The molecule has 2 rings (SSSR count). The average Bonchev–Trinajstić information content (AvgIpc) is 2.50. The smallest absolute Gasteiger partial charge is 0.338 e. The van der Waals surface area contributed by atoms with E-state index in [1.54, 1.807) is 0 Å². The number of carbonyl (C=O) groups excluding carboxylic acids is 1. The summed E-state index contributed by atoms with van der Waals surface area (Å²) in [6, 6.07) is 9.30. The molecule has 1 aliphatic rings. The molecule has 0 atom stereocenters. The van der Waals surface area contributed by atoms with Gasteiger partial charge in [0, 0.05) is 0 Å². The summed E-state index contributed by atoms with van der Waals surface area (Å²) in [5, 5.41) is 0. The highest BCUT2D eigenvalue weighted by Gasteiger charge is 2.23. The molecule has 0 saturated heterocycles. The lowest BCUT2D eigenvalue weighted by molar-refractivity contribution is 0.0161. The summed E-state index contributed by atoms with van der Waals surface area (Å²) in [6.07, 6.45) is 10.00. The van der Waals surface area contributed by atoms with Crippen LogP contribution >= 0.6 is 0 Å². The van der Waals surface area contributed by atoms with Gasteiger partial charge in [-0.25, -0.2) is 4.79 Å². The third-order valence-corrected chi connectivity index (χ3v) is 4.29. The molecular weight excluding hydrogens is 248 g/mol. The number of hydrogen-bond donors (Lipinski definition) is 0. The number of ether oxygens (including phenoxy) is 1. The first-order valence-electron chi connectivity index (χ1n) is 8.05. The summed E-state index contributed by atoms with van der Waals surface area (Å²) in [4.78, 5) is 12.0. The maximum Gasteiger partial charge on any atom is 0.338 e. The molecule has 1 aromatic rings. The van der Waals surface area contributed by atoms with Crippen molar-refractivity contribution in [2.75, 3.05) is 0 Å². The Labute approximate surface area is 122 Å². The number of esters is 1. The number of carbonyl (C=O) groups is 1. The van der Waals surface area contributed by atoms with Crippen LogP contribution in [0.5, 0.6) is 0 Å². The van der Waals surface area contributed by atoms with E-state index in [1.807, 2.05) is 30.3 Å². The highest BCUT2D eigenvalue weighted by molar-refractivity contribution is 5.89. The van der Waals surface area contributed by atoms with E-state index in [4.69, 9.17) is 4.74 Å². The van der Waals surface area contributed by atoms with Crippen LogP contribution in [0, 0.1) is 5.92 Å². The van der Waals surface area contributed by atoms with Gasteiger partial charge in [-0.2, -0.15) is 0 Å². The fraction of sp³-hybridized carbons (Fsp3) is 0.611. The highest BCUT2D eigenvalue weighted by atomic mass is 16.5. The SMILES string of the molecule is CCCCCC1CCC(OC(=O)c2ccccc2)CC1. The number of hydrogen-bond acceptors (Lipinski definition) is 2. The van der Waals surface area contributed by atoms with E-state index in [9.17, 15) is 4.79 Å². The molecule has 0 N–H and O–H groups in total. The van der Waals surface area contributed by atoms with Crippen molar-refractivity contribution in [1.82, 2.24) is 0 Å². The second-order valence-electron chi connectivity index (χ2n) is 5.91. The largest absolute Gasteiger partial charge is 0.459 e. The van der Waals surface area contributed by atoms with Gasteiger partial charge in [0.1, 0.15) is 6.10 Å². The summed E-state index contributed by atoms with van der Waals surface area (Å²) in [5.74, 6) is 0.688. The zero-order valence-electron chi connectivity index (χ0n) is 12.5. The number of benzene rings is 1. The lowest BCUT2D eigenvalue weighted by Gasteiger charge is -2.28. The Morgan fingerprint density at radius 3 is 2.45 bits per heavy atom. The van der Waals surface area contributed by atoms with Gasteiger partial charge in [-0.3, -0.25) is 0 Å². The third kappa shape index (κ3) is 4.66. The van der Waals surface area contributed by atoms with Crippen molar-refractivity contribution in [1.29, 1.82) is 0 Å². The van der Waals surface area contributed by atoms with Gasteiger partial charge in [0.05, 0.1) is 5.56 Å². The van der Waals surface area contributed by atoms with Crippen LogP contribution in [0.3, 0.4) is 0 Å². The molecule has 1 fully saturated rings. The Morgan fingerprint density at radius 2 is 1.80 bits per heavy atom. The molecule has 0 aliphatic heterocycles. The summed E-state index contributed by atoms with van der Waals surface area (Å²) in [7, 11) is 0. The molecular formula is C18H26O2. The van der Waals surface area contributed by atoms with Gasteiger partial charge in [0.15, 0.2) is 0 Å². The Bertz CT molecular complexity index is 391. The van der Waals surface area contributed by atoms with Crippen molar-refractivity contribution < 1.29 is 9.53 Å². The minimum absolute atomic E-state index is 0.130. The molecule has 0 radical (unpaired) electrons. The van der Waals surface area contributed by atoms with Gasteiger partial charge in [-0.1, -0.05) is 50.8 Å². The molecule has 1 saturated carbocycles. The van der Waals surface area contributed by atoms with E-state index in [0.717, 1.165) is 18.8 Å². The maximum absolute atomic E-state index is 12.0. The molecule has 0 heterocycles. The highest BCUT2D eigenvalue weighted by Crippen LogP contribution is 2.30. The molecule has 2 heteroatoms. The normalized spacial score (nSPS) is 22.4. The number of rotatable bonds is 6. The first-order chi connectivity index (χ1) is 9.79. The van der Waals surface area contributed by atoms with E-state index < -0.39 is 0 Å². The standard InChI is InChI=1S/C18H26O2/c1-2-3-5-8-15-11-13-17(14-12-15)20-18(19)16-9-6-4-7-10-16/h4,6-7,9-10,15,17H,2-3,5,8,11-14H2,1H3. The van der Waals surface area contributed by atoms with Crippen LogP contribution in [0.15, 0.2) is 30.3 Å². The minimum atomic E-state index is -0.167. The van der Waals surface area contributed by atoms with Crippen molar-refractivity contribution in [3.05, 3.63) is 35.9 Å². The van der Waals surface area contributed by atoms with Crippen LogP contribution in [0.2, 0.25) is 0 Å². The van der Waals surface area contributed by atoms with Gasteiger partial charge in [-0.15, -0.1) is 0 Å². The molecule has 1 aliphatic carbocycles. The molecule has 2 nitrogen and oxygen atoms in total. The van der Waals surface area contributed by atoms with Crippen molar-refractivity contribution >= 4 is 5.97 Å². The average molecular weight is 274 g/mol. The van der Waals surface area contributed by atoms with Crippen LogP contribution in [-0.2, 0) is 4.74 Å². The van der Waals surface area contributed by atoms with Crippen LogP contribution in [0.4, 0.5) is 0 Å². The van der Waals surface area contributed by atoms with Gasteiger partial charge in [0.25, 0.3) is 0 Å². The third-order valence-electron chi connectivity index (χ3n) is 4.29. The van der Waals surface area contributed by atoms with Crippen LogP contribution in [0.25, 0.3) is 0 Å². The van der Waals surface area contributed by atoms with Crippen molar-refractivity contribution in [2.45, 2.75) is 64.4 Å². The minimum Gasteiger partial charge on any atom is -0.459 e. The van der Waals surface area contributed by atoms with Gasteiger partial charge in [0.2, 0.25) is 0 Å². The van der Waals surface area contributed by atoms with Crippen LogP contribution < -0.4 is 0 Å². The Morgan fingerprint density at radius 1 is 1.10 bits per heavy atom. The van der Waals surface area contributed by atoms with Crippen LogP contribution in [-0.4, -0.2) is 12.1 Å². The van der Waals surface area contributed by atoms with E-state index >= 15 is 0 Å². The molecule has 0 spiro atoms. The molecule has 110 valence electrons. The molecule has 0 aromatic heterocycles. The lowest BCUT2D eigenvalue weighted by atomic mass is 9.84. The summed E-state index contributed by atoms with van der Waals surface area (Å²) < 4.78 is 5.61. The van der Waals surface area contributed by atoms with Gasteiger partial charge >= 0.3 is 5.97 Å². The second-order valence-corrected chi connectivity index (χ2v) is 5.91. The second kappa shape index (κ2) is 8.08. The molecule has 1 aromatic carbocycles.